The quantitative estimate of drug-likeness (QED) is 0.621. The van der Waals surface area contributed by atoms with Gasteiger partial charge in [0.15, 0.2) is 0 Å². The van der Waals surface area contributed by atoms with E-state index in [2.05, 4.69) is 11.1 Å². The Morgan fingerprint density at radius 1 is 1.33 bits per heavy atom. The molecule has 0 N–H and O–H groups in total. The molecule has 0 aliphatic carbocycles. The lowest BCUT2D eigenvalue weighted by atomic mass is 9.91. The number of thiocarbonyl (C=S) groups is 1. The minimum Gasteiger partial charge on any atom is -0.292 e. The van der Waals surface area contributed by atoms with Gasteiger partial charge < -0.3 is 0 Å². The van der Waals surface area contributed by atoms with Crippen LogP contribution in [0.15, 0.2) is 29.3 Å². The van der Waals surface area contributed by atoms with Crippen LogP contribution in [0.3, 0.4) is 0 Å². The first-order chi connectivity index (χ1) is 8.72. The SMILES string of the molecule is N#CC(C(=S)c1ccc(Cl)cc1)C1=NCCCC1. The van der Waals surface area contributed by atoms with Gasteiger partial charge in [0, 0.05) is 22.1 Å². The van der Waals surface area contributed by atoms with Gasteiger partial charge in [-0.1, -0.05) is 36.0 Å². The van der Waals surface area contributed by atoms with E-state index in [4.69, 9.17) is 23.8 Å². The molecule has 1 aliphatic heterocycles. The predicted octanol–water partition coefficient (Wildman–Crippen LogP) is 3.82. The van der Waals surface area contributed by atoms with E-state index in [-0.39, 0.29) is 5.92 Å². The molecule has 4 heteroatoms. The third-order valence-electron chi connectivity index (χ3n) is 3.01. The van der Waals surface area contributed by atoms with E-state index in [1.165, 1.54) is 0 Å². The normalized spacial score (nSPS) is 16.6. The Morgan fingerprint density at radius 3 is 2.61 bits per heavy atom. The lowest BCUT2D eigenvalue weighted by Gasteiger charge is -2.17. The van der Waals surface area contributed by atoms with Gasteiger partial charge in [0.25, 0.3) is 0 Å². The van der Waals surface area contributed by atoms with Gasteiger partial charge in [0.1, 0.15) is 5.92 Å². The van der Waals surface area contributed by atoms with E-state index in [9.17, 15) is 5.26 Å². The molecule has 0 amide bonds. The van der Waals surface area contributed by atoms with Crippen LogP contribution in [-0.4, -0.2) is 17.1 Å². The standard InChI is InChI=1S/C14H13ClN2S/c15-11-6-4-10(5-7-11)14(18)12(9-16)13-3-1-2-8-17-13/h4-7,12H,1-3,8H2. The van der Waals surface area contributed by atoms with E-state index in [0.717, 1.165) is 37.1 Å². The summed E-state index contributed by atoms with van der Waals surface area (Å²) in [7, 11) is 0. The maximum absolute atomic E-state index is 9.32. The summed E-state index contributed by atoms with van der Waals surface area (Å²) in [5.41, 5.74) is 1.82. The van der Waals surface area contributed by atoms with Gasteiger partial charge in [-0.15, -0.1) is 0 Å². The van der Waals surface area contributed by atoms with Crippen LogP contribution >= 0.6 is 23.8 Å². The average molecular weight is 277 g/mol. The van der Waals surface area contributed by atoms with Crippen LogP contribution in [0.4, 0.5) is 0 Å². The van der Waals surface area contributed by atoms with Gasteiger partial charge in [0.05, 0.1) is 6.07 Å². The molecule has 18 heavy (non-hydrogen) atoms. The molecule has 0 aromatic heterocycles. The maximum atomic E-state index is 9.32. The number of nitriles is 1. The van der Waals surface area contributed by atoms with Crippen molar-refractivity contribution in [3.8, 4) is 6.07 Å². The fourth-order valence-corrected chi connectivity index (χ4v) is 2.47. The Kier molecular flexibility index (Phi) is 4.46. The third-order valence-corrected chi connectivity index (χ3v) is 3.73. The second kappa shape index (κ2) is 6.08. The molecule has 0 spiro atoms. The summed E-state index contributed by atoms with van der Waals surface area (Å²) in [4.78, 5) is 5.09. The first kappa shape index (κ1) is 13.2. The molecule has 0 saturated carbocycles. The highest BCUT2D eigenvalue weighted by molar-refractivity contribution is 7.81. The molecule has 92 valence electrons. The highest BCUT2D eigenvalue weighted by Crippen LogP contribution is 2.19. The summed E-state index contributed by atoms with van der Waals surface area (Å²) in [6, 6.07) is 9.58. The highest BCUT2D eigenvalue weighted by Gasteiger charge is 2.22. The molecule has 0 saturated heterocycles. The minimum absolute atomic E-state index is 0.374. The Morgan fingerprint density at radius 2 is 2.06 bits per heavy atom. The molecular weight excluding hydrogens is 264 g/mol. The van der Waals surface area contributed by atoms with Gasteiger partial charge in [-0.3, -0.25) is 4.99 Å². The fraction of sp³-hybridized carbons (Fsp3) is 0.357. The molecule has 0 radical (unpaired) electrons. The van der Waals surface area contributed by atoms with Crippen LogP contribution in [-0.2, 0) is 0 Å². The minimum atomic E-state index is -0.374. The second-order valence-corrected chi connectivity index (χ2v) is 5.14. The molecule has 1 unspecified atom stereocenters. The summed E-state index contributed by atoms with van der Waals surface area (Å²) in [6.07, 6.45) is 3.08. The molecule has 1 aromatic rings. The van der Waals surface area contributed by atoms with Crippen molar-refractivity contribution < 1.29 is 0 Å². The van der Waals surface area contributed by atoms with Crippen molar-refractivity contribution in [3.63, 3.8) is 0 Å². The topological polar surface area (TPSA) is 36.1 Å². The van der Waals surface area contributed by atoms with Crippen molar-refractivity contribution in [2.45, 2.75) is 19.3 Å². The highest BCUT2D eigenvalue weighted by atomic mass is 35.5. The average Bonchev–Trinajstić information content (AvgIpc) is 2.41. The molecule has 2 nitrogen and oxygen atoms in total. The molecule has 1 aliphatic rings. The Bertz CT molecular complexity index is 514. The van der Waals surface area contributed by atoms with E-state index in [1.807, 2.05) is 12.1 Å². The smallest absolute Gasteiger partial charge is 0.120 e. The lowest BCUT2D eigenvalue weighted by molar-refractivity contribution is 0.725. The Balaban J connectivity index is 2.23. The van der Waals surface area contributed by atoms with Gasteiger partial charge in [-0.2, -0.15) is 5.26 Å². The first-order valence-corrected chi connectivity index (χ1v) is 6.73. The van der Waals surface area contributed by atoms with Crippen LogP contribution in [0.5, 0.6) is 0 Å². The summed E-state index contributed by atoms with van der Waals surface area (Å²) in [5.74, 6) is -0.374. The Labute approximate surface area is 117 Å². The fourth-order valence-electron chi connectivity index (χ4n) is 2.02. The zero-order valence-corrected chi connectivity index (χ0v) is 11.5. The number of hydrogen-bond donors (Lipinski definition) is 0. The van der Waals surface area contributed by atoms with Crippen molar-refractivity contribution >= 4 is 34.4 Å². The molecular formula is C14H13ClN2S. The predicted molar refractivity (Wildman–Crippen MR) is 78.4 cm³/mol. The zero-order valence-electron chi connectivity index (χ0n) is 9.90. The molecule has 1 aromatic carbocycles. The van der Waals surface area contributed by atoms with Gasteiger partial charge >= 0.3 is 0 Å². The lowest BCUT2D eigenvalue weighted by Crippen LogP contribution is -2.24. The number of nitrogens with zero attached hydrogens (tertiary/aromatic N) is 2. The molecule has 1 heterocycles. The summed E-state index contributed by atoms with van der Waals surface area (Å²) < 4.78 is 0. The number of halogens is 1. The molecule has 0 fully saturated rings. The van der Waals surface area contributed by atoms with Crippen LogP contribution in [0.2, 0.25) is 5.02 Å². The van der Waals surface area contributed by atoms with Gasteiger partial charge in [0.2, 0.25) is 0 Å². The monoisotopic (exact) mass is 276 g/mol. The van der Waals surface area contributed by atoms with Crippen LogP contribution in [0.1, 0.15) is 24.8 Å². The van der Waals surface area contributed by atoms with E-state index < -0.39 is 0 Å². The van der Waals surface area contributed by atoms with Crippen molar-refractivity contribution in [2.24, 2.45) is 10.9 Å². The number of benzene rings is 1. The first-order valence-electron chi connectivity index (χ1n) is 5.95. The maximum Gasteiger partial charge on any atom is 0.120 e. The zero-order chi connectivity index (χ0) is 13.0. The number of hydrogen-bond acceptors (Lipinski definition) is 3. The van der Waals surface area contributed by atoms with Crippen LogP contribution in [0, 0.1) is 17.2 Å². The van der Waals surface area contributed by atoms with Crippen LogP contribution in [0.25, 0.3) is 0 Å². The summed E-state index contributed by atoms with van der Waals surface area (Å²) >= 11 is 11.3. The van der Waals surface area contributed by atoms with E-state index >= 15 is 0 Å². The van der Waals surface area contributed by atoms with Gasteiger partial charge in [-0.25, -0.2) is 0 Å². The largest absolute Gasteiger partial charge is 0.292 e. The van der Waals surface area contributed by atoms with Crippen molar-refractivity contribution in [1.29, 1.82) is 5.26 Å². The van der Waals surface area contributed by atoms with Gasteiger partial charge in [-0.05, 0) is 37.0 Å². The van der Waals surface area contributed by atoms with Crippen molar-refractivity contribution in [2.75, 3.05) is 6.54 Å². The summed E-state index contributed by atoms with van der Waals surface area (Å²) in [6.45, 7) is 0.816. The van der Waals surface area contributed by atoms with Crippen molar-refractivity contribution in [3.05, 3.63) is 34.9 Å². The molecule has 1 atom stereocenters. The third kappa shape index (κ3) is 2.95. The number of rotatable bonds is 3. The second-order valence-electron chi connectivity index (χ2n) is 4.26. The van der Waals surface area contributed by atoms with Crippen LogP contribution < -0.4 is 0 Å². The molecule has 0 bridgehead atoms. The molecule has 2 rings (SSSR count). The van der Waals surface area contributed by atoms with E-state index in [1.54, 1.807) is 12.1 Å². The van der Waals surface area contributed by atoms with Crippen molar-refractivity contribution in [1.82, 2.24) is 0 Å². The Hall–Kier alpha value is -1.24. The van der Waals surface area contributed by atoms with E-state index in [0.29, 0.717) is 9.89 Å². The number of aliphatic imine (C=N–C) groups is 1. The summed E-state index contributed by atoms with van der Waals surface area (Å²) in [5, 5.41) is 9.99.